The predicted octanol–water partition coefficient (Wildman–Crippen LogP) is 5.05. The van der Waals surface area contributed by atoms with Crippen molar-refractivity contribution in [2.75, 3.05) is 19.6 Å². The second kappa shape index (κ2) is 15.9. The van der Waals surface area contributed by atoms with Crippen molar-refractivity contribution in [3.63, 3.8) is 0 Å². The monoisotopic (exact) mass is 604 g/mol. The van der Waals surface area contributed by atoms with Gasteiger partial charge in [0.2, 0.25) is 5.91 Å². The number of nitrogens with zero attached hydrogens (tertiary/aromatic N) is 1. The number of carbonyl (C=O) groups is 2. The highest BCUT2D eigenvalue weighted by Gasteiger charge is 2.28. The van der Waals surface area contributed by atoms with Crippen LogP contribution in [0, 0.1) is 0 Å². The highest BCUT2D eigenvalue weighted by molar-refractivity contribution is 7.91. The molecule has 1 fully saturated rings. The minimum atomic E-state index is -3.51. The zero-order chi connectivity index (χ0) is 29.0. The summed E-state index contributed by atoms with van der Waals surface area (Å²) in [5.41, 5.74) is 6.04. The number of hydrogen-bond acceptors (Lipinski definition) is 6. The number of unbranched alkanes of at least 4 members (excludes halogenated alkanes) is 1. The van der Waals surface area contributed by atoms with Crippen LogP contribution in [0.25, 0.3) is 0 Å². The second-order valence-electron chi connectivity index (χ2n) is 9.48. The molecule has 2 heterocycles. The van der Waals surface area contributed by atoms with Crippen LogP contribution in [0.2, 0.25) is 5.02 Å². The van der Waals surface area contributed by atoms with Crippen molar-refractivity contribution < 1.29 is 18.0 Å². The van der Waals surface area contributed by atoms with Gasteiger partial charge in [0.1, 0.15) is 4.21 Å². The maximum atomic E-state index is 13.1. The predicted molar refractivity (Wildman–Crippen MR) is 161 cm³/mol. The summed E-state index contributed by atoms with van der Waals surface area (Å²) in [4.78, 5) is 23.5. The molecule has 2 amide bonds. The molecular formula is C29H37ClN4O4S2. The molecule has 1 saturated heterocycles. The largest absolute Gasteiger partial charge is 0.366 e. The van der Waals surface area contributed by atoms with E-state index in [0.717, 1.165) is 43.5 Å². The molecule has 0 bridgehead atoms. The van der Waals surface area contributed by atoms with Gasteiger partial charge in [-0.15, -0.1) is 11.3 Å². The minimum absolute atomic E-state index is 0.219. The number of sulfonamides is 1. The van der Waals surface area contributed by atoms with Gasteiger partial charge in [0.05, 0.1) is 6.54 Å². The number of hydrogen-bond donors (Lipinski definition) is 3. The number of thiophene rings is 1. The molecule has 1 aromatic heterocycles. The van der Waals surface area contributed by atoms with Crippen LogP contribution in [0.5, 0.6) is 0 Å². The molecule has 2 aromatic carbocycles. The van der Waals surface area contributed by atoms with Crippen molar-refractivity contribution >= 4 is 44.8 Å². The summed E-state index contributed by atoms with van der Waals surface area (Å²) in [5.74, 6) is -0.598. The topological polar surface area (TPSA) is 122 Å². The maximum absolute atomic E-state index is 13.1. The first kappa shape index (κ1) is 31.8. The maximum Gasteiger partial charge on any atom is 0.252 e. The first-order chi connectivity index (χ1) is 19.2. The van der Waals surface area contributed by atoms with Gasteiger partial charge in [-0.1, -0.05) is 43.1 Å². The lowest BCUT2D eigenvalue weighted by Crippen LogP contribution is -2.34. The Morgan fingerprint density at radius 2 is 1.73 bits per heavy atom. The minimum Gasteiger partial charge on any atom is -0.366 e. The molecule has 1 aliphatic heterocycles. The number of primary amides is 1. The Hall–Kier alpha value is -2.76. The van der Waals surface area contributed by atoms with E-state index in [0.29, 0.717) is 39.5 Å². The van der Waals surface area contributed by atoms with Gasteiger partial charge >= 0.3 is 0 Å². The fourth-order valence-electron chi connectivity index (χ4n) is 4.19. The second-order valence-corrected chi connectivity index (χ2v) is 13.2. The molecule has 8 nitrogen and oxygen atoms in total. The quantitative estimate of drug-likeness (QED) is 0.280. The summed E-state index contributed by atoms with van der Waals surface area (Å²) in [6, 6.07) is 19.2. The molecule has 11 heteroatoms. The van der Waals surface area contributed by atoms with E-state index >= 15 is 0 Å². The lowest BCUT2D eigenvalue weighted by Gasteiger charge is -2.19. The van der Waals surface area contributed by atoms with Crippen molar-refractivity contribution in [2.24, 2.45) is 5.73 Å². The average molecular weight is 605 g/mol. The third kappa shape index (κ3) is 9.71. The number of rotatable bonds is 10. The SMILES string of the molecule is CCCCNC1CCCN(S(=O)(=O)c2ccc(CNC(=O)c3ccc(Cl)cc3)s2)CC1.NC(=O)c1ccccc1. The highest BCUT2D eigenvalue weighted by Crippen LogP contribution is 2.27. The van der Waals surface area contributed by atoms with Crippen LogP contribution < -0.4 is 16.4 Å². The van der Waals surface area contributed by atoms with E-state index < -0.39 is 10.0 Å². The van der Waals surface area contributed by atoms with E-state index in [-0.39, 0.29) is 18.4 Å². The van der Waals surface area contributed by atoms with Gasteiger partial charge in [-0.2, -0.15) is 4.31 Å². The van der Waals surface area contributed by atoms with Crippen LogP contribution in [-0.2, 0) is 16.6 Å². The molecule has 1 aliphatic rings. The van der Waals surface area contributed by atoms with Crippen molar-refractivity contribution in [3.8, 4) is 0 Å². The van der Waals surface area contributed by atoms with Crippen LogP contribution in [0.15, 0.2) is 70.9 Å². The van der Waals surface area contributed by atoms with Crippen LogP contribution in [-0.4, -0.2) is 50.2 Å². The molecule has 3 aromatic rings. The van der Waals surface area contributed by atoms with Crippen molar-refractivity contribution in [1.29, 1.82) is 0 Å². The first-order valence-electron chi connectivity index (χ1n) is 13.4. The number of amides is 2. The summed E-state index contributed by atoms with van der Waals surface area (Å²) >= 11 is 7.07. The molecule has 4 rings (SSSR count). The van der Waals surface area contributed by atoms with E-state index in [1.54, 1.807) is 65.0 Å². The highest BCUT2D eigenvalue weighted by atomic mass is 35.5. The normalized spacial score (nSPS) is 15.9. The summed E-state index contributed by atoms with van der Waals surface area (Å²) in [6.07, 6.45) is 4.99. The van der Waals surface area contributed by atoms with Crippen molar-refractivity contribution in [2.45, 2.75) is 55.8 Å². The van der Waals surface area contributed by atoms with Crippen LogP contribution in [0.3, 0.4) is 0 Å². The van der Waals surface area contributed by atoms with E-state index in [1.807, 2.05) is 6.07 Å². The lowest BCUT2D eigenvalue weighted by molar-refractivity contribution is 0.0950. The number of nitrogens with two attached hydrogens (primary N) is 1. The van der Waals surface area contributed by atoms with Crippen LogP contribution in [0.4, 0.5) is 0 Å². The van der Waals surface area contributed by atoms with Crippen molar-refractivity contribution in [1.82, 2.24) is 14.9 Å². The molecule has 0 radical (unpaired) electrons. The van der Waals surface area contributed by atoms with Gasteiger partial charge in [-0.3, -0.25) is 9.59 Å². The standard InChI is InChI=1S/C22H30ClN3O3S2.C7H7NO/c1-2-3-13-24-19-5-4-14-26(15-12-19)31(28,29)21-11-10-20(30-21)16-25-22(27)17-6-8-18(23)9-7-17;8-7(9)6-4-2-1-3-5-6/h6-11,19,24H,2-5,12-16H2,1H3,(H,25,27);1-5H,(H2,8,9). The fourth-order valence-corrected chi connectivity index (χ4v) is 7.26. The zero-order valence-electron chi connectivity index (χ0n) is 22.6. The van der Waals surface area contributed by atoms with Gasteiger partial charge in [-0.05, 0) is 80.8 Å². The smallest absolute Gasteiger partial charge is 0.252 e. The molecule has 0 spiro atoms. The van der Waals surface area contributed by atoms with Gasteiger partial charge in [0, 0.05) is 40.2 Å². The number of nitrogens with one attached hydrogen (secondary N) is 2. The molecule has 40 heavy (non-hydrogen) atoms. The molecule has 216 valence electrons. The third-order valence-electron chi connectivity index (χ3n) is 6.47. The Balaban J connectivity index is 0.000000415. The summed E-state index contributed by atoms with van der Waals surface area (Å²) in [6.45, 7) is 4.53. The molecular weight excluding hydrogens is 568 g/mol. The Labute approximate surface area is 246 Å². The van der Waals surface area contributed by atoms with E-state index in [4.69, 9.17) is 17.3 Å². The Bertz CT molecular complexity index is 1330. The average Bonchev–Trinajstić information content (AvgIpc) is 3.32. The first-order valence-corrected chi connectivity index (χ1v) is 16.0. The van der Waals surface area contributed by atoms with Crippen LogP contribution in [0.1, 0.15) is 64.6 Å². The lowest BCUT2D eigenvalue weighted by atomic mass is 10.1. The summed E-state index contributed by atoms with van der Waals surface area (Å²) < 4.78 is 28.2. The van der Waals surface area contributed by atoms with Gasteiger partial charge < -0.3 is 16.4 Å². The molecule has 0 aliphatic carbocycles. The number of benzene rings is 2. The fraction of sp³-hybridized carbons (Fsp3) is 0.379. The molecule has 4 N–H and O–H groups in total. The van der Waals surface area contributed by atoms with E-state index in [2.05, 4.69) is 17.6 Å². The number of carbonyl (C=O) groups excluding carboxylic acids is 2. The third-order valence-corrected chi connectivity index (χ3v) is 10.2. The van der Waals surface area contributed by atoms with Gasteiger partial charge in [0.15, 0.2) is 0 Å². The van der Waals surface area contributed by atoms with E-state index in [1.165, 1.54) is 11.3 Å². The Morgan fingerprint density at radius 3 is 2.38 bits per heavy atom. The summed E-state index contributed by atoms with van der Waals surface area (Å²) in [5, 5.41) is 6.96. The van der Waals surface area contributed by atoms with Crippen molar-refractivity contribution in [3.05, 3.63) is 87.8 Å². The van der Waals surface area contributed by atoms with Crippen LogP contribution >= 0.6 is 22.9 Å². The molecule has 1 unspecified atom stereocenters. The van der Waals surface area contributed by atoms with E-state index in [9.17, 15) is 18.0 Å². The Morgan fingerprint density at radius 1 is 1.00 bits per heavy atom. The Kier molecular flexibility index (Phi) is 12.6. The molecule has 0 saturated carbocycles. The van der Waals surface area contributed by atoms with Gasteiger partial charge in [0.25, 0.3) is 15.9 Å². The zero-order valence-corrected chi connectivity index (χ0v) is 25.0. The summed E-state index contributed by atoms with van der Waals surface area (Å²) in [7, 11) is -3.51. The molecule has 1 atom stereocenters. The van der Waals surface area contributed by atoms with Gasteiger partial charge in [-0.25, -0.2) is 8.42 Å². The number of halogens is 1.